The van der Waals surface area contributed by atoms with Crippen molar-refractivity contribution in [2.75, 3.05) is 18.4 Å². The highest BCUT2D eigenvalue weighted by atomic mass is 16.2. The highest BCUT2D eigenvalue weighted by Crippen LogP contribution is 2.35. The topological polar surface area (TPSA) is 49.4 Å². The maximum absolute atomic E-state index is 12.2. The van der Waals surface area contributed by atoms with Crippen molar-refractivity contribution < 1.29 is 9.59 Å². The largest absolute Gasteiger partial charge is 0.339 e. The first-order valence-electron chi connectivity index (χ1n) is 8.02. The van der Waals surface area contributed by atoms with Crippen LogP contribution in [0.15, 0.2) is 35.9 Å². The highest BCUT2D eigenvalue weighted by Gasteiger charge is 2.23. The van der Waals surface area contributed by atoms with E-state index in [-0.39, 0.29) is 11.8 Å². The summed E-state index contributed by atoms with van der Waals surface area (Å²) < 4.78 is 0. The van der Waals surface area contributed by atoms with Crippen molar-refractivity contribution in [1.29, 1.82) is 0 Å². The molecule has 1 aromatic rings. The standard InChI is InChI=1S/C18H22N2O2/c1-13(14-4-5-14)12-17(21)19-16-8-6-15(7-9-16)18(22)20-10-2-3-11-20/h6-9,12,14H,2-5,10-11H2,1H3,(H,19,21)/b13-12+. The van der Waals surface area contributed by atoms with Crippen LogP contribution in [0.5, 0.6) is 0 Å². The summed E-state index contributed by atoms with van der Waals surface area (Å²) in [6.45, 7) is 3.71. The van der Waals surface area contributed by atoms with Crippen molar-refractivity contribution in [3.05, 3.63) is 41.5 Å². The Morgan fingerprint density at radius 3 is 2.36 bits per heavy atom. The second-order valence-corrected chi connectivity index (χ2v) is 6.23. The van der Waals surface area contributed by atoms with Crippen molar-refractivity contribution in [3.63, 3.8) is 0 Å². The maximum Gasteiger partial charge on any atom is 0.253 e. The lowest BCUT2D eigenvalue weighted by Gasteiger charge is -2.15. The number of nitrogens with one attached hydrogen (secondary N) is 1. The molecule has 0 bridgehead atoms. The van der Waals surface area contributed by atoms with Crippen molar-refractivity contribution in [2.45, 2.75) is 32.6 Å². The number of allylic oxidation sites excluding steroid dienone is 1. The first-order valence-corrected chi connectivity index (χ1v) is 8.02. The van der Waals surface area contributed by atoms with E-state index in [9.17, 15) is 9.59 Å². The summed E-state index contributed by atoms with van der Waals surface area (Å²) in [6.07, 6.45) is 6.26. The number of anilines is 1. The average Bonchev–Trinajstić information content (AvgIpc) is 3.22. The van der Waals surface area contributed by atoms with Crippen LogP contribution < -0.4 is 5.32 Å². The molecule has 4 nitrogen and oxygen atoms in total. The molecule has 3 rings (SSSR count). The third kappa shape index (κ3) is 3.56. The van der Waals surface area contributed by atoms with Gasteiger partial charge in [-0.25, -0.2) is 0 Å². The lowest BCUT2D eigenvalue weighted by Crippen LogP contribution is -2.27. The molecule has 1 aliphatic carbocycles. The Hall–Kier alpha value is -2.10. The molecule has 2 fully saturated rings. The van der Waals surface area contributed by atoms with E-state index >= 15 is 0 Å². The van der Waals surface area contributed by atoms with Gasteiger partial charge in [-0.1, -0.05) is 5.57 Å². The van der Waals surface area contributed by atoms with Gasteiger partial charge in [0, 0.05) is 30.4 Å². The summed E-state index contributed by atoms with van der Waals surface area (Å²) in [5.74, 6) is 0.592. The van der Waals surface area contributed by atoms with E-state index in [1.54, 1.807) is 30.3 Å². The second-order valence-electron chi connectivity index (χ2n) is 6.23. The Kier molecular flexibility index (Phi) is 4.27. The van der Waals surface area contributed by atoms with Crippen LogP contribution >= 0.6 is 0 Å². The number of rotatable bonds is 4. The minimum Gasteiger partial charge on any atom is -0.339 e. The van der Waals surface area contributed by atoms with Gasteiger partial charge < -0.3 is 10.2 Å². The molecular weight excluding hydrogens is 276 g/mol. The Morgan fingerprint density at radius 2 is 1.77 bits per heavy atom. The van der Waals surface area contributed by atoms with E-state index < -0.39 is 0 Å². The van der Waals surface area contributed by atoms with Crippen LogP contribution in [0, 0.1) is 5.92 Å². The van der Waals surface area contributed by atoms with Gasteiger partial charge in [-0.2, -0.15) is 0 Å². The van der Waals surface area contributed by atoms with Gasteiger partial charge in [0.25, 0.3) is 5.91 Å². The molecule has 22 heavy (non-hydrogen) atoms. The van der Waals surface area contributed by atoms with Crippen LogP contribution in [0.25, 0.3) is 0 Å². The summed E-state index contributed by atoms with van der Waals surface area (Å²) in [7, 11) is 0. The number of likely N-dealkylation sites (tertiary alicyclic amines) is 1. The lowest BCUT2D eigenvalue weighted by molar-refractivity contribution is -0.112. The number of hydrogen-bond donors (Lipinski definition) is 1. The molecule has 2 aliphatic rings. The van der Waals surface area contributed by atoms with Crippen LogP contribution in [0.2, 0.25) is 0 Å². The summed E-state index contributed by atoms with van der Waals surface area (Å²) in [5.41, 5.74) is 2.56. The van der Waals surface area contributed by atoms with Crippen molar-refractivity contribution >= 4 is 17.5 Å². The van der Waals surface area contributed by atoms with Gasteiger partial charge in [-0.15, -0.1) is 0 Å². The molecular formula is C18H22N2O2. The van der Waals surface area contributed by atoms with Gasteiger partial charge >= 0.3 is 0 Å². The summed E-state index contributed by atoms with van der Waals surface area (Å²) in [6, 6.07) is 7.16. The van der Waals surface area contributed by atoms with Crippen LogP contribution in [-0.4, -0.2) is 29.8 Å². The predicted molar refractivity (Wildman–Crippen MR) is 86.7 cm³/mol. The van der Waals surface area contributed by atoms with Crippen molar-refractivity contribution in [1.82, 2.24) is 4.90 Å². The van der Waals surface area contributed by atoms with Gasteiger partial charge in [-0.05, 0) is 62.8 Å². The highest BCUT2D eigenvalue weighted by molar-refractivity contribution is 6.00. The number of carbonyl (C=O) groups is 2. The van der Waals surface area contributed by atoms with Crippen LogP contribution in [0.3, 0.4) is 0 Å². The molecule has 0 spiro atoms. The van der Waals surface area contributed by atoms with Gasteiger partial charge in [0.1, 0.15) is 0 Å². The van der Waals surface area contributed by atoms with E-state index in [1.807, 2.05) is 11.8 Å². The Bertz CT molecular complexity index is 594. The fourth-order valence-corrected chi connectivity index (χ4v) is 2.84. The fraction of sp³-hybridized carbons (Fsp3) is 0.444. The van der Waals surface area contributed by atoms with E-state index in [0.717, 1.165) is 37.2 Å². The first-order chi connectivity index (χ1) is 10.6. The lowest BCUT2D eigenvalue weighted by atomic mass is 10.1. The molecule has 0 unspecified atom stereocenters. The normalized spacial score (nSPS) is 18.4. The zero-order valence-corrected chi connectivity index (χ0v) is 13.0. The van der Waals surface area contributed by atoms with Crippen molar-refractivity contribution in [3.8, 4) is 0 Å². The molecule has 1 aromatic carbocycles. The second kappa shape index (κ2) is 6.34. The van der Waals surface area contributed by atoms with E-state index in [4.69, 9.17) is 0 Å². The van der Waals surface area contributed by atoms with Crippen LogP contribution in [-0.2, 0) is 4.79 Å². The number of benzene rings is 1. The number of nitrogens with zero attached hydrogens (tertiary/aromatic N) is 1. The Morgan fingerprint density at radius 1 is 1.14 bits per heavy atom. The smallest absolute Gasteiger partial charge is 0.253 e. The third-order valence-electron chi connectivity index (χ3n) is 4.37. The van der Waals surface area contributed by atoms with Crippen molar-refractivity contribution in [2.24, 2.45) is 5.92 Å². The molecule has 0 aromatic heterocycles. The quantitative estimate of drug-likeness (QED) is 0.868. The molecule has 1 N–H and O–H groups in total. The molecule has 2 amide bonds. The fourth-order valence-electron chi connectivity index (χ4n) is 2.84. The van der Waals surface area contributed by atoms with E-state index in [1.165, 1.54) is 12.8 Å². The van der Waals surface area contributed by atoms with Gasteiger partial charge in [0.2, 0.25) is 5.91 Å². The zero-order chi connectivity index (χ0) is 15.5. The number of carbonyl (C=O) groups excluding carboxylic acids is 2. The number of amides is 2. The minimum absolute atomic E-state index is 0.0832. The SMILES string of the molecule is C/C(=C\C(=O)Nc1ccc(C(=O)N2CCCC2)cc1)C1CC1. The average molecular weight is 298 g/mol. The minimum atomic E-state index is -0.0944. The number of hydrogen-bond acceptors (Lipinski definition) is 2. The molecule has 4 heteroatoms. The zero-order valence-electron chi connectivity index (χ0n) is 13.0. The van der Waals surface area contributed by atoms with Crippen LogP contribution in [0.1, 0.15) is 43.0 Å². The van der Waals surface area contributed by atoms with Gasteiger partial charge in [-0.3, -0.25) is 9.59 Å². The molecule has 1 saturated heterocycles. The molecule has 1 heterocycles. The summed E-state index contributed by atoms with van der Waals surface area (Å²) >= 11 is 0. The molecule has 0 radical (unpaired) electrons. The van der Waals surface area contributed by atoms with Gasteiger partial charge in [0.15, 0.2) is 0 Å². The predicted octanol–water partition coefficient (Wildman–Crippen LogP) is 3.22. The third-order valence-corrected chi connectivity index (χ3v) is 4.37. The Labute approximate surface area is 131 Å². The molecule has 1 aliphatic heterocycles. The van der Waals surface area contributed by atoms with Gasteiger partial charge in [0.05, 0.1) is 0 Å². The molecule has 0 atom stereocenters. The monoisotopic (exact) mass is 298 g/mol. The van der Waals surface area contributed by atoms with E-state index in [2.05, 4.69) is 5.32 Å². The Balaban J connectivity index is 1.60. The molecule has 116 valence electrons. The maximum atomic E-state index is 12.2. The first kappa shape index (κ1) is 14.8. The van der Waals surface area contributed by atoms with E-state index in [0.29, 0.717) is 11.5 Å². The summed E-state index contributed by atoms with van der Waals surface area (Å²) in [5, 5.41) is 2.85. The molecule has 1 saturated carbocycles. The summed E-state index contributed by atoms with van der Waals surface area (Å²) in [4.78, 5) is 26.0. The van der Waals surface area contributed by atoms with Crippen LogP contribution in [0.4, 0.5) is 5.69 Å².